The van der Waals surface area contributed by atoms with Crippen molar-refractivity contribution in [1.29, 1.82) is 0 Å². The van der Waals surface area contributed by atoms with Crippen LogP contribution >= 0.6 is 0 Å². The van der Waals surface area contributed by atoms with Crippen LogP contribution in [0.5, 0.6) is 5.75 Å². The average Bonchev–Trinajstić information content (AvgIpc) is 2.93. The van der Waals surface area contributed by atoms with Gasteiger partial charge in [0.1, 0.15) is 5.75 Å². The second kappa shape index (κ2) is 5.82. The zero-order valence-electron chi connectivity index (χ0n) is 11.6. The van der Waals surface area contributed by atoms with Gasteiger partial charge in [-0.3, -0.25) is 4.79 Å². The lowest BCUT2D eigenvalue weighted by molar-refractivity contribution is -0.128. The minimum absolute atomic E-state index is 0.155. The van der Waals surface area contributed by atoms with Gasteiger partial charge in [-0.25, -0.2) is 0 Å². The Morgan fingerprint density at radius 1 is 1.42 bits per heavy atom. The van der Waals surface area contributed by atoms with Crippen molar-refractivity contribution in [3.63, 3.8) is 0 Å². The van der Waals surface area contributed by atoms with Crippen LogP contribution in [-0.4, -0.2) is 44.6 Å². The van der Waals surface area contributed by atoms with Gasteiger partial charge in [-0.15, -0.1) is 0 Å². The molecule has 2 rings (SSSR count). The van der Waals surface area contributed by atoms with Crippen LogP contribution in [0.2, 0.25) is 0 Å². The topological polar surface area (TPSA) is 58.8 Å². The molecule has 104 valence electrons. The van der Waals surface area contributed by atoms with Crippen LogP contribution < -0.4 is 15.4 Å². The van der Waals surface area contributed by atoms with Gasteiger partial charge in [0, 0.05) is 26.2 Å². The average molecular weight is 263 g/mol. The summed E-state index contributed by atoms with van der Waals surface area (Å²) in [6, 6.07) is 5.46. The predicted molar refractivity (Wildman–Crippen MR) is 76.5 cm³/mol. The monoisotopic (exact) mass is 263 g/mol. The van der Waals surface area contributed by atoms with E-state index in [0.717, 1.165) is 37.4 Å². The first-order chi connectivity index (χ1) is 9.11. The van der Waals surface area contributed by atoms with Crippen LogP contribution in [0.25, 0.3) is 0 Å². The van der Waals surface area contributed by atoms with Gasteiger partial charge in [0.2, 0.25) is 5.91 Å². The minimum Gasteiger partial charge on any atom is -0.497 e. The third kappa shape index (κ3) is 3.10. The molecule has 0 atom stereocenters. The summed E-state index contributed by atoms with van der Waals surface area (Å²) in [5.41, 5.74) is 7.43. The number of benzene rings is 1. The number of hydrogen-bond donors (Lipinski definition) is 1. The number of amides is 1. The molecule has 1 aromatic carbocycles. The maximum absolute atomic E-state index is 12.1. The highest BCUT2D eigenvalue weighted by molar-refractivity contribution is 5.83. The second-order valence-corrected chi connectivity index (χ2v) is 4.87. The van der Waals surface area contributed by atoms with Gasteiger partial charge in [0.05, 0.1) is 25.0 Å². The third-order valence-corrected chi connectivity index (χ3v) is 3.48. The standard InChI is InChI=1S/C14H21N3O2/c1-16(10-14(18)17-7-3-4-8-17)13-9-11(19-2)5-6-12(13)15/h5-6,9H,3-4,7-8,10,15H2,1-2H3. The number of hydrogen-bond acceptors (Lipinski definition) is 4. The lowest BCUT2D eigenvalue weighted by Crippen LogP contribution is -2.37. The van der Waals surface area contributed by atoms with Crippen LogP contribution in [-0.2, 0) is 4.79 Å². The van der Waals surface area contributed by atoms with Crippen LogP contribution in [0.4, 0.5) is 11.4 Å². The highest BCUT2D eigenvalue weighted by Gasteiger charge is 2.20. The molecule has 1 amide bonds. The largest absolute Gasteiger partial charge is 0.497 e. The number of methoxy groups -OCH3 is 1. The number of carbonyl (C=O) groups excluding carboxylic acids is 1. The number of nitrogen functional groups attached to an aromatic ring is 1. The number of anilines is 2. The van der Waals surface area contributed by atoms with Crippen molar-refractivity contribution >= 4 is 17.3 Å². The fraction of sp³-hybridized carbons (Fsp3) is 0.500. The minimum atomic E-state index is 0.155. The Hall–Kier alpha value is -1.91. The number of ether oxygens (including phenoxy) is 1. The SMILES string of the molecule is COc1ccc(N)c(N(C)CC(=O)N2CCCC2)c1. The fourth-order valence-electron chi connectivity index (χ4n) is 2.34. The molecule has 0 saturated carbocycles. The predicted octanol–water partition coefficient (Wildman–Crippen LogP) is 1.34. The molecule has 0 aliphatic carbocycles. The van der Waals surface area contributed by atoms with E-state index in [1.165, 1.54) is 0 Å². The zero-order valence-corrected chi connectivity index (χ0v) is 11.6. The number of likely N-dealkylation sites (N-methyl/N-ethyl adjacent to an activating group) is 1. The Morgan fingerprint density at radius 2 is 2.11 bits per heavy atom. The maximum Gasteiger partial charge on any atom is 0.242 e. The van der Waals surface area contributed by atoms with E-state index in [1.54, 1.807) is 13.2 Å². The summed E-state index contributed by atoms with van der Waals surface area (Å²) in [5, 5.41) is 0. The van der Waals surface area contributed by atoms with E-state index in [-0.39, 0.29) is 5.91 Å². The molecule has 1 fully saturated rings. The Labute approximate surface area is 113 Å². The summed E-state index contributed by atoms with van der Waals surface area (Å²) in [7, 11) is 3.49. The molecule has 1 saturated heterocycles. The van der Waals surface area contributed by atoms with Crippen molar-refractivity contribution in [3.05, 3.63) is 18.2 Å². The van der Waals surface area contributed by atoms with E-state index in [4.69, 9.17) is 10.5 Å². The molecule has 1 aliphatic rings. The molecular weight excluding hydrogens is 242 g/mol. The summed E-state index contributed by atoms with van der Waals surface area (Å²) < 4.78 is 5.19. The Balaban J connectivity index is 2.06. The first-order valence-corrected chi connectivity index (χ1v) is 6.54. The number of carbonyl (C=O) groups is 1. The van der Waals surface area contributed by atoms with Crippen LogP contribution in [0.15, 0.2) is 18.2 Å². The summed E-state index contributed by atoms with van der Waals surface area (Å²) in [6.07, 6.45) is 2.22. The van der Waals surface area contributed by atoms with Crippen molar-refractivity contribution in [2.45, 2.75) is 12.8 Å². The van der Waals surface area contributed by atoms with Crippen molar-refractivity contribution in [2.75, 3.05) is 44.4 Å². The fourth-order valence-corrected chi connectivity index (χ4v) is 2.34. The van der Waals surface area contributed by atoms with E-state index >= 15 is 0 Å². The normalized spacial score (nSPS) is 14.5. The molecule has 0 bridgehead atoms. The molecule has 1 aliphatic heterocycles. The smallest absolute Gasteiger partial charge is 0.242 e. The molecule has 2 N–H and O–H groups in total. The highest BCUT2D eigenvalue weighted by Crippen LogP contribution is 2.27. The first kappa shape index (κ1) is 13.5. The molecule has 0 aromatic heterocycles. The van der Waals surface area contributed by atoms with Crippen molar-refractivity contribution in [3.8, 4) is 5.75 Å². The molecule has 0 spiro atoms. The third-order valence-electron chi connectivity index (χ3n) is 3.48. The summed E-state index contributed by atoms with van der Waals surface area (Å²) in [5.74, 6) is 0.895. The lowest BCUT2D eigenvalue weighted by atomic mass is 10.2. The van der Waals surface area contributed by atoms with Crippen LogP contribution in [0, 0.1) is 0 Å². The molecule has 5 nitrogen and oxygen atoms in total. The van der Waals surface area contributed by atoms with Gasteiger partial charge in [-0.2, -0.15) is 0 Å². The maximum atomic E-state index is 12.1. The molecule has 1 aromatic rings. The number of rotatable bonds is 4. The van der Waals surface area contributed by atoms with Gasteiger partial charge in [0.25, 0.3) is 0 Å². The summed E-state index contributed by atoms with van der Waals surface area (Å²) in [4.78, 5) is 15.9. The Morgan fingerprint density at radius 3 is 2.74 bits per heavy atom. The number of nitrogens with two attached hydrogens (primary N) is 1. The van der Waals surface area contributed by atoms with Gasteiger partial charge < -0.3 is 20.3 Å². The first-order valence-electron chi connectivity index (χ1n) is 6.54. The van der Waals surface area contributed by atoms with E-state index in [2.05, 4.69) is 0 Å². The van der Waals surface area contributed by atoms with Gasteiger partial charge in [0.15, 0.2) is 0 Å². The molecule has 19 heavy (non-hydrogen) atoms. The molecular formula is C14H21N3O2. The molecule has 0 unspecified atom stereocenters. The van der Waals surface area contributed by atoms with E-state index in [1.807, 2.05) is 29.0 Å². The molecule has 1 heterocycles. The molecule has 5 heteroatoms. The molecule has 0 radical (unpaired) electrons. The van der Waals surface area contributed by atoms with Crippen molar-refractivity contribution in [1.82, 2.24) is 4.90 Å². The van der Waals surface area contributed by atoms with Crippen molar-refractivity contribution in [2.24, 2.45) is 0 Å². The van der Waals surface area contributed by atoms with E-state index < -0.39 is 0 Å². The van der Waals surface area contributed by atoms with E-state index in [0.29, 0.717) is 12.2 Å². The summed E-state index contributed by atoms with van der Waals surface area (Å²) >= 11 is 0. The van der Waals surface area contributed by atoms with Gasteiger partial charge in [-0.1, -0.05) is 0 Å². The van der Waals surface area contributed by atoms with Gasteiger partial charge >= 0.3 is 0 Å². The van der Waals surface area contributed by atoms with Gasteiger partial charge in [-0.05, 0) is 25.0 Å². The quantitative estimate of drug-likeness (QED) is 0.833. The highest BCUT2D eigenvalue weighted by atomic mass is 16.5. The Kier molecular flexibility index (Phi) is 4.14. The van der Waals surface area contributed by atoms with Crippen molar-refractivity contribution < 1.29 is 9.53 Å². The van der Waals surface area contributed by atoms with Crippen LogP contribution in [0.1, 0.15) is 12.8 Å². The second-order valence-electron chi connectivity index (χ2n) is 4.87. The number of likely N-dealkylation sites (tertiary alicyclic amines) is 1. The number of nitrogens with zero attached hydrogens (tertiary/aromatic N) is 2. The van der Waals surface area contributed by atoms with Crippen LogP contribution in [0.3, 0.4) is 0 Å². The van der Waals surface area contributed by atoms with E-state index in [9.17, 15) is 4.79 Å². The zero-order chi connectivity index (χ0) is 13.8. The summed E-state index contributed by atoms with van der Waals surface area (Å²) in [6.45, 7) is 2.10. The Bertz CT molecular complexity index is 456. The lowest BCUT2D eigenvalue weighted by Gasteiger charge is -2.24.